The molecule has 1 amide bonds. The highest BCUT2D eigenvalue weighted by atomic mass is 32.2. The van der Waals surface area contributed by atoms with Crippen LogP contribution in [-0.2, 0) is 14.9 Å². The average Bonchev–Trinajstić information content (AvgIpc) is 2.15. The first-order valence-electron chi connectivity index (χ1n) is 6.13. The van der Waals surface area contributed by atoms with Gasteiger partial charge in [0, 0.05) is 12.0 Å². The molecule has 0 aromatic carbocycles. The average molecular weight is 312 g/mol. The van der Waals surface area contributed by atoms with Crippen LogP contribution in [0.1, 0.15) is 26.7 Å². The molecule has 0 radical (unpaired) electrons. The maximum Gasteiger partial charge on any atom is 0.265 e. The lowest BCUT2D eigenvalue weighted by molar-refractivity contribution is -0.890. The van der Waals surface area contributed by atoms with Crippen molar-refractivity contribution in [2.24, 2.45) is 5.73 Å². The van der Waals surface area contributed by atoms with Crippen molar-refractivity contribution in [2.75, 3.05) is 32.9 Å². The van der Waals surface area contributed by atoms with Gasteiger partial charge in [0.1, 0.15) is 0 Å². The normalized spacial score (nSPS) is 10.8. The van der Waals surface area contributed by atoms with E-state index in [2.05, 4.69) is 27.6 Å². The minimum absolute atomic E-state index is 0. The van der Waals surface area contributed by atoms with Crippen LogP contribution < -0.4 is 5.73 Å². The number of nitrogens with two attached hydrogens (primary N) is 1. The molecule has 0 spiro atoms. The zero-order valence-electron chi connectivity index (χ0n) is 12.8. The van der Waals surface area contributed by atoms with Crippen LogP contribution in [0.4, 0.5) is 0 Å². The van der Waals surface area contributed by atoms with Gasteiger partial charge in [-0.25, -0.2) is 0 Å². The number of rotatable bonds is 7. The van der Waals surface area contributed by atoms with Crippen molar-refractivity contribution in [1.82, 2.24) is 0 Å². The molecule has 0 saturated heterocycles. The summed E-state index contributed by atoms with van der Waals surface area (Å²) < 4.78 is 30.2. The monoisotopic (exact) mass is 312 g/mol. The molecule has 7 nitrogen and oxygen atoms in total. The number of quaternary nitrogens is 1. The Bertz CT molecular complexity index is 379. The number of primary amides is 1. The van der Waals surface area contributed by atoms with E-state index >= 15 is 0 Å². The molecule has 0 aliphatic heterocycles. The lowest BCUT2D eigenvalue weighted by Gasteiger charge is -2.29. The quantitative estimate of drug-likeness (QED) is 0.404. The van der Waals surface area contributed by atoms with Gasteiger partial charge >= 0.3 is 0 Å². The molecule has 0 aliphatic carbocycles. The number of carbonyl (C=O) groups excluding carboxylic acids is 1. The Morgan fingerprint density at radius 2 is 1.70 bits per heavy atom. The highest BCUT2D eigenvalue weighted by molar-refractivity contribution is 7.85. The van der Waals surface area contributed by atoms with Crippen molar-refractivity contribution in [3.05, 3.63) is 12.2 Å². The zero-order valence-corrected chi connectivity index (χ0v) is 13.6. The third-order valence-corrected chi connectivity index (χ3v) is 3.22. The summed E-state index contributed by atoms with van der Waals surface area (Å²) in [6, 6.07) is 0. The van der Waals surface area contributed by atoms with Gasteiger partial charge in [-0.05, 0) is 13.3 Å². The van der Waals surface area contributed by atoms with E-state index in [-0.39, 0.29) is 11.2 Å². The Balaban J connectivity index is -0.000000352. The van der Waals surface area contributed by atoms with E-state index in [0.29, 0.717) is 12.0 Å². The standard InChI is InChI=1S/C8H19NO3S.C4H7NO.H2O/c1-4-6-9(2,3)7-5-8-13(10,11)12;1-3(2)4(5)6;/h4-8H2,1-3H3;1H2,2H3,(H2,5,6);1H2. The van der Waals surface area contributed by atoms with Crippen LogP contribution in [0.25, 0.3) is 0 Å². The number of hydrogen-bond donors (Lipinski definition) is 2. The Labute approximate surface area is 122 Å². The second kappa shape index (κ2) is 10.8. The van der Waals surface area contributed by atoms with Crippen LogP contribution in [0.5, 0.6) is 0 Å². The van der Waals surface area contributed by atoms with Crippen LogP contribution in [0.2, 0.25) is 0 Å². The van der Waals surface area contributed by atoms with E-state index in [1.807, 2.05) is 0 Å². The van der Waals surface area contributed by atoms with Crippen molar-refractivity contribution in [1.29, 1.82) is 0 Å². The van der Waals surface area contributed by atoms with Crippen LogP contribution in [0, 0.1) is 0 Å². The van der Waals surface area contributed by atoms with Crippen LogP contribution in [-0.4, -0.2) is 61.8 Å². The molecule has 0 fully saturated rings. The van der Waals surface area contributed by atoms with Crippen molar-refractivity contribution >= 4 is 16.0 Å². The van der Waals surface area contributed by atoms with Crippen molar-refractivity contribution in [3.8, 4) is 0 Å². The summed E-state index contributed by atoms with van der Waals surface area (Å²) in [7, 11) is 0.354. The number of nitrogens with zero attached hydrogens (tertiary/aromatic N) is 1. The number of carbonyl (C=O) groups is 1. The maximum absolute atomic E-state index is 10.4. The third-order valence-electron chi connectivity index (χ3n) is 2.42. The van der Waals surface area contributed by atoms with Gasteiger partial charge in [-0.15, -0.1) is 0 Å². The Hall–Kier alpha value is -0.960. The predicted molar refractivity (Wildman–Crippen MR) is 79.1 cm³/mol. The third kappa shape index (κ3) is 19.4. The summed E-state index contributed by atoms with van der Waals surface area (Å²) in [6.07, 6.45) is 1.60. The molecule has 0 rings (SSSR count). The Kier molecular flexibility index (Phi) is 13.0. The smallest absolute Gasteiger partial charge is 0.265 e. The summed E-state index contributed by atoms with van der Waals surface area (Å²) in [4.78, 5) is 9.82. The van der Waals surface area contributed by atoms with Gasteiger partial charge in [-0.2, -0.15) is 8.42 Å². The molecule has 0 unspecified atom stereocenters. The largest absolute Gasteiger partial charge is 0.870 e. The highest BCUT2D eigenvalue weighted by Gasteiger charge is 2.14. The van der Waals surface area contributed by atoms with Gasteiger partial charge in [0.15, 0.2) is 0 Å². The summed E-state index contributed by atoms with van der Waals surface area (Å²) in [5, 5.41) is 0. The fraction of sp³-hybridized carbons (Fsp3) is 0.750. The molecule has 20 heavy (non-hydrogen) atoms. The molecule has 0 aromatic heterocycles. The first kappa shape index (κ1) is 24.1. The molecular formula is C12H28N2O5S. The summed E-state index contributed by atoms with van der Waals surface area (Å²) in [6.45, 7) is 8.77. The van der Waals surface area contributed by atoms with Gasteiger partial charge in [-0.1, -0.05) is 13.5 Å². The van der Waals surface area contributed by atoms with Gasteiger partial charge in [0.25, 0.3) is 10.1 Å². The second-order valence-electron chi connectivity index (χ2n) is 5.17. The summed E-state index contributed by atoms with van der Waals surface area (Å²) in [5.41, 5.74) is 5.09. The number of amides is 1. The Morgan fingerprint density at radius 1 is 1.30 bits per heavy atom. The van der Waals surface area contributed by atoms with Crippen LogP contribution >= 0.6 is 0 Å². The van der Waals surface area contributed by atoms with E-state index in [9.17, 15) is 13.2 Å². The SMILES string of the molecule is C=C(C)C(N)=O.CCC[N+](C)(C)CCCS(=O)(=O)O.[OH-]. The fourth-order valence-corrected chi connectivity index (χ4v) is 1.89. The number of hydrogen-bond acceptors (Lipinski definition) is 4. The molecule has 0 bridgehead atoms. The summed E-state index contributed by atoms with van der Waals surface area (Å²) >= 11 is 0. The predicted octanol–water partition coefficient (Wildman–Crippen LogP) is 0.622. The topological polar surface area (TPSA) is 127 Å². The van der Waals surface area contributed by atoms with E-state index in [1.165, 1.54) is 0 Å². The van der Waals surface area contributed by atoms with Gasteiger partial charge in [0.2, 0.25) is 5.91 Å². The van der Waals surface area contributed by atoms with Crippen LogP contribution in [0.15, 0.2) is 12.2 Å². The van der Waals surface area contributed by atoms with E-state index in [1.54, 1.807) is 6.92 Å². The molecule has 0 aromatic rings. The first-order chi connectivity index (χ1) is 8.41. The Morgan fingerprint density at radius 3 is 1.95 bits per heavy atom. The lowest BCUT2D eigenvalue weighted by atomic mass is 10.3. The molecule has 0 heterocycles. The summed E-state index contributed by atoms with van der Waals surface area (Å²) in [5.74, 6) is -0.562. The van der Waals surface area contributed by atoms with Gasteiger partial charge < -0.3 is 15.7 Å². The first-order valence-corrected chi connectivity index (χ1v) is 7.74. The molecular weight excluding hydrogens is 284 g/mol. The molecule has 8 heteroatoms. The maximum atomic E-state index is 10.4. The van der Waals surface area contributed by atoms with Crippen molar-refractivity contribution in [3.63, 3.8) is 0 Å². The lowest BCUT2D eigenvalue weighted by Crippen LogP contribution is -2.41. The van der Waals surface area contributed by atoms with E-state index in [4.69, 9.17) is 10.3 Å². The fourth-order valence-electron chi connectivity index (χ4n) is 1.39. The van der Waals surface area contributed by atoms with Gasteiger partial charge in [-0.3, -0.25) is 9.35 Å². The zero-order chi connectivity index (χ0) is 15.7. The minimum Gasteiger partial charge on any atom is -0.870 e. The molecule has 122 valence electrons. The van der Waals surface area contributed by atoms with E-state index < -0.39 is 16.0 Å². The second-order valence-corrected chi connectivity index (χ2v) is 6.74. The van der Waals surface area contributed by atoms with Crippen molar-refractivity contribution in [2.45, 2.75) is 26.7 Å². The minimum atomic E-state index is -3.77. The van der Waals surface area contributed by atoms with E-state index in [0.717, 1.165) is 24.0 Å². The molecule has 4 N–H and O–H groups in total. The highest BCUT2D eigenvalue weighted by Crippen LogP contribution is 2.02. The van der Waals surface area contributed by atoms with Gasteiger partial charge in [0.05, 0.1) is 32.9 Å². The molecule has 0 atom stereocenters. The van der Waals surface area contributed by atoms with Crippen molar-refractivity contribution < 1.29 is 27.7 Å². The molecule has 0 aliphatic rings. The molecule has 0 saturated carbocycles. The van der Waals surface area contributed by atoms with Crippen LogP contribution in [0.3, 0.4) is 0 Å².